The topological polar surface area (TPSA) is 135 Å². The summed E-state index contributed by atoms with van der Waals surface area (Å²) in [6.07, 6.45) is -0.806. The first-order valence-corrected chi connectivity index (χ1v) is 2.34. The van der Waals surface area contributed by atoms with Crippen LogP contribution in [0.1, 0.15) is 6.42 Å². The van der Waals surface area contributed by atoms with Crippen molar-refractivity contribution in [2.24, 2.45) is 0 Å². The van der Waals surface area contributed by atoms with Crippen LogP contribution in [0.4, 0.5) is 0 Å². The van der Waals surface area contributed by atoms with Crippen molar-refractivity contribution >= 4 is 38.1 Å². The van der Waals surface area contributed by atoms with Gasteiger partial charge in [-0.15, -0.1) is 0 Å². The van der Waals surface area contributed by atoms with Gasteiger partial charge >= 0.3 is 38.1 Å². The molecule has 0 amide bonds. The number of carboxylic acid groups (broad SMARTS) is 2. The molecule has 0 atom stereocenters. The Morgan fingerprint density at radius 2 is 1.17 bits per heavy atom. The van der Waals surface area contributed by atoms with Crippen LogP contribution in [0.25, 0.3) is 0 Å². The van der Waals surface area contributed by atoms with Gasteiger partial charge in [0.25, 0.3) is 0 Å². The maximum absolute atomic E-state index is 9.43. The molecule has 0 aliphatic rings. The van der Waals surface area contributed by atoms with Crippen molar-refractivity contribution in [1.82, 2.24) is 0 Å². The number of rotatable bonds is 2. The molecule has 0 aliphatic heterocycles. The van der Waals surface area contributed by atoms with Crippen LogP contribution >= 0.6 is 0 Å². The molecule has 0 heterocycles. The standard InChI is InChI=1S/C3H4O4.BH3O3.Li.H/c4-2(5)1-3(6)7;2-1(3)4;;/h1H2,(H,4,5)(H,6,7);2-4H;;. The van der Waals surface area contributed by atoms with Crippen molar-refractivity contribution in [3.05, 3.63) is 0 Å². The maximum atomic E-state index is 9.43. The second-order valence-electron chi connectivity index (χ2n) is 1.31. The molecule has 0 fully saturated rings. The molecule has 0 aromatic heterocycles. The van der Waals surface area contributed by atoms with E-state index >= 15 is 0 Å². The van der Waals surface area contributed by atoms with Gasteiger partial charge in [-0.1, -0.05) is 0 Å². The average Bonchev–Trinajstić information content (AvgIpc) is 1.56. The molecule has 0 radical (unpaired) electrons. The summed E-state index contributed by atoms with van der Waals surface area (Å²) in [6, 6.07) is 0. The van der Waals surface area contributed by atoms with E-state index in [0.29, 0.717) is 0 Å². The van der Waals surface area contributed by atoms with E-state index in [1.54, 1.807) is 0 Å². The Balaban J connectivity index is -0.000000142. The zero-order chi connectivity index (χ0) is 9.44. The van der Waals surface area contributed by atoms with Gasteiger partial charge < -0.3 is 25.3 Å². The van der Waals surface area contributed by atoms with E-state index in [4.69, 9.17) is 25.3 Å². The zero-order valence-corrected chi connectivity index (χ0v) is 5.34. The predicted octanol–water partition coefficient (Wildman–Crippen LogP) is -3.15. The first-order valence-electron chi connectivity index (χ1n) is 2.34. The molecule has 0 saturated carbocycles. The van der Waals surface area contributed by atoms with Gasteiger partial charge in [-0.2, -0.15) is 0 Å². The van der Waals surface area contributed by atoms with Crippen LogP contribution in [-0.4, -0.2) is 63.4 Å². The molecule has 0 bridgehead atoms. The molecule has 0 unspecified atom stereocenters. The van der Waals surface area contributed by atoms with Gasteiger partial charge in [0.05, 0.1) is 0 Å². The van der Waals surface area contributed by atoms with Crippen molar-refractivity contribution in [2.75, 3.05) is 0 Å². The van der Waals surface area contributed by atoms with E-state index in [-0.39, 0.29) is 18.9 Å². The van der Waals surface area contributed by atoms with Crippen molar-refractivity contribution < 1.29 is 34.9 Å². The Hall–Kier alpha value is -0.518. The molecular formula is C3H8BLiO7. The summed E-state index contributed by atoms with van der Waals surface area (Å²) in [5.74, 6) is -2.62. The summed E-state index contributed by atoms with van der Waals surface area (Å²) < 4.78 is 0. The van der Waals surface area contributed by atoms with Crippen molar-refractivity contribution in [2.45, 2.75) is 6.42 Å². The summed E-state index contributed by atoms with van der Waals surface area (Å²) in [5.41, 5.74) is 0. The fourth-order valence-electron chi connectivity index (χ4n) is 0.129. The Labute approximate surface area is 80.0 Å². The Kier molecular flexibility index (Phi) is 15.3. The van der Waals surface area contributed by atoms with E-state index < -0.39 is 25.7 Å². The molecule has 9 heteroatoms. The number of carboxylic acids is 2. The van der Waals surface area contributed by atoms with E-state index in [2.05, 4.69) is 0 Å². The molecule has 0 saturated heterocycles. The van der Waals surface area contributed by atoms with E-state index in [9.17, 15) is 9.59 Å². The molecule has 0 aromatic rings. The van der Waals surface area contributed by atoms with Crippen LogP contribution < -0.4 is 0 Å². The van der Waals surface area contributed by atoms with Crippen molar-refractivity contribution in [1.29, 1.82) is 0 Å². The van der Waals surface area contributed by atoms with Crippen LogP contribution in [0.5, 0.6) is 0 Å². The van der Waals surface area contributed by atoms with E-state index in [0.717, 1.165) is 0 Å². The molecule has 0 rings (SSSR count). The van der Waals surface area contributed by atoms with Crippen molar-refractivity contribution in [3.8, 4) is 0 Å². The molecule has 12 heavy (non-hydrogen) atoms. The first kappa shape index (κ1) is 17.5. The Bertz CT molecular complexity index is 122. The van der Waals surface area contributed by atoms with E-state index in [1.807, 2.05) is 0 Å². The quantitative estimate of drug-likeness (QED) is 0.220. The average molecular weight is 174 g/mol. The second-order valence-corrected chi connectivity index (χ2v) is 1.31. The third-order valence-electron chi connectivity index (χ3n) is 0.302. The summed E-state index contributed by atoms with van der Waals surface area (Å²) >= 11 is 0. The van der Waals surface area contributed by atoms with Crippen LogP contribution in [0.3, 0.4) is 0 Å². The minimum absolute atomic E-state index is 0. The Morgan fingerprint density at radius 3 is 1.17 bits per heavy atom. The third kappa shape index (κ3) is 56.3. The SMILES string of the molecule is O=C(O)CC(=O)O.OB(O)O.[LiH]. The molecule has 66 valence electrons. The van der Waals surface area contributed by atoms with Gasteiger partial charge in [0.2, 0.25) is 0 Å². The third-order valence-corrected chi connectivity index (χ3v) is 0.302. The molecule has 0 aromatic carbocycles. The fourth-order valence-corrected chi connectivity index (χ4v) is 0.129. The van der Waals surface area contributed by atoms with Gasteiger partial charge in [0, 0.05) is 0 Å². The van der Waals surface area contributed by atoms with Gasteiger partial charge in [-0.3, -0.25) is 9.59 Å². The van der Waals surface area contributed by atoms with Gasteiger partial charge in [0.15, 0.2) is 0 Å². The molecule has 0 spiro atoms. The monoisotopic (exact) mass is 174 g/mol. The van der Waals surface area contributed by atoms with Gasteiger partial charge in [-0.05, 0) is 0 Å². The summed E-state index contributed by atoms with van der Waals surface area (Å²) in [5, 5.41) is 36.9. The normalized spacial score (nSPS) is 6.92. The van der Waals surface area contributed by atoms with Crippen molar-refractivity contribution in [3.63, 3.8) is 0 Å². The fraction of sp³-hybridized carbons (Fsp3) is 0.333. The number of hydrogen-bond donors (Lipinski definition) is 5. The summed E-state index contributed by atoms with van der Waals surface area (Å²) in [4.78, 5) is 18.9. The first-order chi connectivity index (χ1) is 4.86. The predicted molar refractivity (Wildman–Crippen MR) is 39.4 cm³/mol. The number of hydrogen-bond acceptors (Lipinski definition) is 5. The molecule has 0 aliphatic carbocycles. The van der Waals surface area contributed by atoms with Crippen LogP contribution in [0, 0.1) is 0 Å². The van der Waals surface area contributed by atoms with Gasteiger partial charge in [0.1, 0.15) is 6.42 Å². The van der Waals surface area contributed by atoms with Gasteiger partial charge in [-0.25, -0.2) is 0 Å². The van der Waals surface area contributed by atoms with Crippen LogP contribution in [0.2, 0.25) is 0 Å². The minimum atomic E-state index is -2.17. The molecular weight excluding hydrogens is 166 g/mol. The molecule has 7 nitrogen and oxygen atoms in total. The summed E-state index contributed by atoms with van der Waals surface area (Å²) in [7, 11) is -2.17. The molecule has 5 N–H and O–H groups in total. The van der Waals surface area contributed by atoms with Crippen LogP contribution in [0.15, 0.2) is 0 Å². The Morgan fingerprint density at radius 1 is 1.00 bits per heavy atom. The van der Waals surface area contributed by atoms with E-state index in [1.165, 1.54) is 0 Å². The number of aliphatic carboxylic acids is 2. The van der Waals surface area contributed by atoms with Crippen LogP contribution in [-0.2, 0) is 9.59 Å². The second kappa shape index (κ2) is 10.5. The number of carbonyl (C=O) groups is 2. The summed E-state index contributed by atoms with van der Waals surface area (Å²) in [6.45, 7) is 0. The zero-order valence-electron chi connectivity index (χ0n) is 5.34.